The predicted molar refractivity (Wildman–Crippen MR) is 115 cm³/mol. The highest BCUT2D eigenvalue weighted by atomic mass is 32.2. The number of imidazole rings is 1. The Morgan fingerprint density at radius 3 is 2.54 bits per heavy atom. The molecule has 6 heteroatoms. The first kappa shape index (κ1) is 20.3. The maximum atomic E-state index is 12.3. The Morgan fingerprint density at radius 2 is 1.86 bits per heavy atom. The van der Waals surface area contributed by atoms with Gasteiger partial charge in [0, 0.05) is 11.7 Å². The van der Waals surface area contributed by atoms with Gasteiger partial charge in [0.25, 0.3) is 0 Å². The van der Waals surface area contributed by atoms with Gasteiger partial charge in [-0.25, -0.2) is 4.98 Å². The molecule has 148 valence electrons. The summed E-state index contributed by atoms with van der Waals surface area (Å²) in [5.74, 6) is 1.60. The summed E-state index contributed by atoms with van der Waals surface area (Å²) in [4.78, 5) is 17.1. The summed E-state index contributed by atoms with van der Waals surface area (Å²) in [6.07, 6.45) is 0. The summed E-state index contributed by atoms with van der Waals surface area (Å²) >= 11 is 1.45. The van der Waals surface area contributed by atoms with Crippen molar-refractivity contribution in [3.63, 3.8) is 0 Å². The fraction of sp³-hybridized carbons (Fsp3) is 0.364. The van der Waals surface area contributed by atoms with Gasteiger partial charge in [0.1, 0.15) is 5.75 Å². The molecular formula is C22H27N3O2S. The van der Waals surface area contributed by atoms with Crippen LogP contribution in [0.3, 0.4) is 0 Å². The van der Waals surface area contributed by atoms with Crippen molar-refractivity contribution in [1.82, 2.24) is 14.9 Å². The number of para-hydroxylation sites is 2. The Kier molecular flexibility index (Phi) is 6.62. The number of hydrogen-bond donors (Lipinski definition) is 1. The number of nitrogens with one attached hydrogen (secondary N) is 1. The highest BCUT2D eigenvalue weighted by molar-refractivity contribution is 7.99. The molecule has 1 N–H and O–H groups in total. The van der Waals surface area contributed by atoms with E-state index in [1.54, 1.807) is 0 Å². The van der Waals surface area contributed by atoms with E-state index in [0.29, 0.717) is 18.3 Å². The van der Waals surface area contributed by atoms with Crippen LogP contribution in [-0.4, -0.2) is 33.9 Å². The molecule has 0 saturated carbocycles. The van der Waals surface area contributed by atoms with E-state index in [0.717, 1.165) is 27.6 Å². The van der Waals surface area contributed by atoms with Crippen LogP contribution in [0, 0.1) is 5.92 Å². The number of ether oxygens (including phenoxy) is 1. The summed E-state index contributed by atoms with van der Waals surface area (Å²) < 4.78 is 7.64. The molecule has 1 amide bonds. The van der Waals surface area contributed by atoms with Gasteiger partial charge < -0.3 is 10.1 Å². The molecule has 1 heterocycles. The van der Waals surface area contributed by atoms with Crippen LogP contribution in [-0.2, 0) is 4.79 Å². The Bertz CT molecular complexity index is 935. The Morgan fingerprint density at radius 1 is 1.14 bits per heavy atom. The van der Waals surface area contributed by atoms with E-state index in [4.69, 9.17) is 9.72 Å². The van der Waals surface area contributed by atoms with Crippen molar-refractivity contribution in [2.45, 2.75) is 38.9 Å². The van der Waals surface area contributed by atoms with Crippen LogP contribution in [0.2, 0.25) is 0 Å². The normalized spacial score (nSPS) is 12.3. The maximum Gasteiger partial charge on any atom is 0.230 e. The van der Waals surface area contributed by atoms with Gasteiger partial charge in [-0.05, 0) is 56.2 Å². The number of amides is 1. The molecule has 0 aliphatic carbocycles. The third-order valence-corrected chi connectivity index (χ3v) is 5.60. The average molecular weight is 398 g/mol. The van der Waals surface area contributed by atoms with Gasteiger partial charge in [-0.15, -0.1) is 0 Å². The summed E-state index contributed by atoms with van der Waals surface area (Å²) in [6.45, 7) is 8.84. The largest absolute Gasteiger partial charge is 0.494 e. The number of thioether (sulfide) groups is 1. The number of hydrogen-bond acceptors (Lipinski definition) is 4. The first-order valence-corrected chi connectivity index (χ1v) is 10.6. The van der Waals surface area contributed by atoms with Crippen LogP contribution in [0.5, 0.6) is 5.75 Å². The molecule has 1 atom stereocenters. The molecule has 3 rings (SSSR count). The number of aromatic nitrogens is 2. The number of fused-ring (bicyclic) bond motifs is 1. The van der Waals surface area contributed by atoms with Crippen LogP contribution < -0.4 is 10.1 Å². The third-order valence-electron chi connectivity index (χ3n) is 4.66. The van der Waals surface area contributed by atoms with Gasteiger partial charge in [0.15, 0.2) is 5.16 Å². The molecule has 5 nitrogen and oxygen atoms in total. The van der Waals surface area contributed by atoms with Gasteiger partial charge in [-0.3, -0.25) is 9.36 Å². The Hall–Kier alpha value is -2.47. The molecule has 2 aromatic carbocycles. The van der Waals surface area contributed by atoms with Crippen molar-refractivity contribution in [1.29, 1.82) is 0 Å². The minimum atomic E-state index is 0.0245. The summed E-state index contributed by atoms with van der Waals surface area (Å²) in [6, 6.07) is 16.1. The molecule has 0 aliphatic rings. The monoisotopic (exact) mass is 397 g/mol. The molecule has 0 aliphatic heterocycles. The van der Waals surface area contributed by atoms with Crippen molar-refractivity contribution in [2.75, 3.05) is 12.4 Å². The molecule has 1 aromatic heterocycles. The predicted octanol–water partition coefficient (Wildman–Crippen LogP) is 4.68. The van der Waals surface area contributed by atoms with E-state index >= 15 is 0 Å². The zero-order valence-corrected chi connectivity index (χ0v) is 17.6. The zero-order valence-electron chi connectivity index (χ0n) is 16.8. The minimum absolute atomic E-state index is 0.0245. The van der Waals surface area contributed by atoms with Crippen molar-refractivity contribution < 1.29 is 9.53 Å². The Labute approximate surface area is 170 Å². The number of carbonyl (C=O) groups excluding carboxylic acids is 1. The van der Waals surface area contributed by atoms with Crippen molar-refractivity contribution >= 4 is 28.7 Å². The van der Waals surface area contributed by atoms with E-state index in [1.165, 1.54) is 11.8 Å². The molecule has 0 spiro atoms. The third kappa shape index (κ3) is 4.68. The van der Waals surface area contributed by atoms with Crippen LogP contribution in [0.25, 0.3) is 16.7 Å². The van der Waals surface area contributed by atoms with Crippen LogP contribution in [0.1, 0.15) is 27.7 Å². The minimum Gasteiger partial charge on any atom is -0.494 e. The standard InChI is InChI=1S/C22H27N3O2S/c1-5-27-18-12-10-17(11-13-18)25-20-9-7-6-8-19(20)24-22(25)28-14-21(26)23-16(4)15(2)3/h6-13,15-16H,5,14H2,1-4H3,(H,23,26)/t16-/m1/s1. The fourth-order valence-corrected chi connectivity index (χ4v) is 3.64. The van der Waals surface area contributed by atoms with Crippen molar-refractivity contribution in [2.24, 2.45) is 5.92 Å². The first-order valence-electron chi connectivity index (χ1n) is 9.62. The lowest BCUT2D eigenvalue weighted by atomic mass is 10.1. The van der Waals surface area contributed by atoms with E-state index in [9.17, 15) is 4.79 Å². The van der Waals surface area contributed by atoms with E-state index in [-0.39, 0.29) is 11.9 Å². The van der Waals surface area contributed by atoms with E-state index < -0.39 is 0 Å². The topological polar surface area (TPSA) is 56.1 Å². The number of benzene rings is 2. The first-order chi connectivity index (χ1) is 13.5. The second kappa shape index (κ2) is 9.15. The van der Waals surface area contributed by atoms with Crippen molar-refractivity contribution in [3.8, 4) is 11.4 Å². The molecule has 0 saturated heterocycles. The molecule has 0 fully saturated rings. The summed E-state index contributed by atoms with van der Waals surface area (Å²) in [5, 5.41) is 3.85. The van der Waals surface area contributed by atoms with Crippen LogP contribution >= 0.6 is 11.8 Å². The quantitative estimate of drug-likeness (QED) is 0.561. The lowest BCUT2D eigenvalue weighted by molar-refractivity contribution is -0.119. The van der Waals surface area contributed by atoms with Crippen LogP contribution in [0.15, 0.2) is 53.7 Å². The highest BCUT2D eigenvalue weighted by Gasteiger charge is 2.16. The lowest BCUT2D eigenvalue weighted by Gasteiger charge is -2.17. The van der Waals surface area contributed by atoms with Gasteiger partial charge in [0.2, 0.25) is 5.91 Å². The molecule has 0 unspecified atom stereocenters. The van der Waals surface area contributed by atoms with Gasteiger partial charge in [0.05, 0.1) is 23.4 Å². The smallest absolute Gasteiger partial charge is 0.230 e. The molecule has 28 heavy (non-hydrogen) atoms. The summed E-state index contributed by atoms with van der Waals surface area (Å²) in [5.41, 5.74) is 2.93. The molecule has 0 bridgehead atoms. The average Bonchev–Trinajstić information content (AvgIpc) is 3.05. The number of nitrogens with zero attached hydrogens (tertiary/aromatic N) is 2. The fourth-order valence-electron chi connectivity index (χ4n) is 2.80. The van der Waals surface area contributed by atoms with E-state index in [2.05, 4.69) is 23.7 Å². The number of carbonyl (C=O) groups is 1. The summed E-state index contributed by atoms with van der Waals surface area (Å²) in [7, 11) is 0. The van der Waals surface area contributed by atoms with Gasteiger partial charge >= 0.3 is 0 Å². The van der Waals surface area contributed by atoms with Gasteiger partial charge in [-0.1, -0.05) is 37.7 Å². The number of rotatable bonds is 8. The SMILES string of the molecule is CCOc1ccc(-n2c(SCC(=O)N[C@H](C)C(C)C)nc3ccccc32)cc1. The highest BCUT2D eigenvalue weighted by Crippen LogP contribution is 2.28. The van der Waals surface area contributed by atoms with E-state index in [1.807, 2.05) is 62.4 Å². The van der Waals surface area contributed by atoms with Crippen molar-refractivity contribution in [3.05, 3.63) is 48.5 Å². The van der Waals surface area contributed by atoms with Gasteiger partial charge in [-0.2, -0.15) is 0 Å². The lowest BCUT2D eigenvalue weighted by Crippen LogP contribution is -2.37. The Balaban J connectivity index is 1.86. The second-order valence-electron chi connectivity index (χ2n) is 7.03. The molecule has 3 aromatic rings. The maximum absolute atomic E-state index is 12.3. The molecular weight excluding hydrogens is 370 g/mol. The molecule has 0 radical (unpaired) electrons. The second-order valence-corrected chi connectivity index (χ2v) is 7.98. The van der Waals surface area contributed by atoms with Crippen LogP contribution in [0.4, 0.5) is 0 Å². The zero-order chi connectivity index (χ0) is 20.1.